The maximum Gasteiger partial charge on any atom is 0.223 e. The number of hydrogen-bond donors (Lipinski definition) is 2. The summed E-state index contributed by atoms with van der Waals surface area (Å²) in [7, 11) is 1.58. The zero-order valence-corrected chi connectivity index (χ0v) is 11.7. The van der Waals surface area contributed by atoms with E-state index in [1.807, 2.05) is 6.07 Å². The van der Waals surface area contributed by atoms with Crippen molar-refractivity contribution in [2.75, 3.05) is 7.11 Å². The van der Waals surface area contributed by atoms with E-state index >= 15 is 0 Å². The Morgan fingerprint density at radius 2 is 2.32 bits per heavy atom. The molecule has 1 amide bonds. The first-order chi connectivity index (χ1) is 9.10. The van der Waals surface area contributed by atoms with Gasteiger partial charge in [-0.1, -0.05) is 17.7 Å². The van der Waals surface area contributed by atoms with E-state index in [9.17, 15) is 4.79 Å². The van der Waals surface area contributed by atoms with E-state index in [4.69, 9.17) is 22.1 Å². The molecule has 0 spiro atoms. The molecular weight excluding hydrogens is 264 g/mol. The summed E-state index contributed by atoms with van der Waals surface area (Å²) in [6.07, 6.45) is 2.61. The minimum atomic E-state index is 0.0590. The summed E-state index contributed by atoms with van der Waals surface area (Å²) in [5.41, 5.74) is 6.77. The smallest absolute Gasteiger partial charge is 0.223 e. The molecule has 0 heterocycles. The third kappa shape index (κ3) is 3.61. The van der Waals surface area contributed by atoms with E-state index in [-0.39, 0.29) is 17.9 Å². The van der Waals surface area contributed by atoms with Gasteiger partial charge in [-0.3, -0.25) is 4.79 Å². The lowest BCUT2D eigenvalue weighted by atomic mass is 10.1. The van der Waals surface area contributed by atoms with Gasteiger partial charge in [-0.05, 0) is 37.0 Å². The van der Waals surface area contributed by atoms with E-state index < -0.39 is 0 Å². The monoisotopic (exact) mass is 282 g/mol. The minimum absolute atomic E-state index is 0.0590. The molecule has 0 bridgehead atoms. The van der Waals surface area contributed by atoms with E-state index in [0.717, 1.165) is 24.8 Å². The maximum atomic E-state index is 11.9. The van der Waals surface area contributed by atoms with Crippen molar-refractivity contribution in [3.8, 4) is 5.75 Å². The number of methoxy groups -OCH3 is 1. The van der Waals surface area contributed by atoms with Gasteiger partial charge in [0.1, 0.15) is 5.75 Å². The average Bonchev–Trinajstić information content (AvgIpc) is 2.83. The van der Waals surface area contributed by atoms with Crippen LogP contribution in [0, 0.1) is 5.92 Å². The van der Waals surface area contributed by atoms with Gasteiger partial charge in [0, 0.05) is 18.5 Å². The molecule has 104 valence electrons. The molecule has 19 heavy (non-hydrogen) atoms. The predicted molar refractivity (Wildman–Crippen MR) is 75.2 cm³/mol. The summed E-state index contributed by atoms with van der Waals surface area (Å²) in [5.74, 6) is 0.780. The van der Waals surface area contributed by atoms with Gasteiger partial charge in [-0.15, -0.1) is 0 Å². The number of amides is 1. The summed E-state index contributed by atoms with van der Waals surface area (Å²) < 4.78 is 5.09. The Morgan fingerprint density at radius 3 is 2.89 bits per heavy atom. The number of carbonyl (C=O) groups is 1. The van der Waals surface area contributed by atoms with Crippen molar-refractivity contribution in [1.82, 2.24) is 5.32 Å². The number of halogens is 1. The first kappa shape index (κ1) is 14.2. The summed E-state index contributed by atoms with van der Waals surface area (Å²) >= 11 is 6.04. The van der Waals surface area contributed by atoms with Crippen LogP contribution in [0.15, 0.2) is 18.2 Å². The molecule has 0 radical (unpaired) electrons. The molecule has 5 heteroatoms. The number of carbonyl (C=O) groups excluding carboxylic acids is 1. The van der Waals surface area contributed by atoms with Gasteiger partial charge in [-0.25, -0.2) is 0 Å². The van der Waals surface area contributed by atoms with Crippen molar-refractivity contribution in [3.63, 3.8) is 0 Å². The Bertz CT molecular complexity index is 465. The number of hydrogen-bond acceptors (Lipinski definition) is 3. The van der Waals surface area contributed by atoms with E-state index in [1.54, 1.807) is 19.2 Å². The maximum absolute atomic E-state index is 11.9. The molecule has 1 aliphatic rings. The van der Waals surface area contributed by atoms with Gasteiger partial charge in [0.2, 0.25) is 5.91 Å². The zero-order valence-electron chi connectivity index (χ0n) is 11.0. The van der Waals surface area contributed by atoms with Crippen LogP contribution in [0.4, 0.5) is 0 Å². The van der Waals surface area contributed by atoms with E-state index in [0.29, 0.717) is 17.3 Å². The molecule has 0 aliphatic heterocycles. The second kappa shape index (κ2) is 6.26. The van der Waals surface area contributed by atoms with E-state index in [1.165, 1.54) is 0 Å². The lowest BCUT2D eigenvalue weighted by molar-refractivity contribution is -0.125. The molecule has 1 aromatic rings. The second-order valence-corrected chi connectivity index (χ2v) is 5.36. The second-order valence-electron chi connectivity index (χ2n) is 4.96. The predicted octanol–water partition coefficient (Wildman–Crippen LogP) is 2.09. The molecule has 0 aromatic heterocycles. The first-order valence-electron chi connectivity index (χ1n) is 6.46. The van der Waals surface area contributed by atoms with Crippen molar-refractivity contribution in [1.29, 1.82) is 0 Å². The van der Waals surface area contributed by atoms with Crippen molar-refractivity contribution in [2.24, 2.45) is 11.7 Å². The molecule has 2 unspecified atom stereocenters. The number of rotatable bonds is 4. The van der Waals surface area contributed by atoms with Crippen LogP contribution < -0.4 is 15.8 Å². The molecule has 1 fully saturated rings. The molecule has 2 atom stereocenters. The van der Waals surface area contributed by atoms with Crippen LogP contribution in [0.1, 0.15) is 24.8 Å². The van der Waals surface area contributed by atoms with Gasteiger partial charge in [-0.2, -0.15) is 0 Å². The molecule has 3 N–H and O–H groups in total. The van der Waals surface area contributed by atoms with Gasteiger partial charge < -0.3 is 15.8 Å². The van der Waals surface area contributed by atoms with Gasteiger partial charge >= 0.3 is 0 Å². The highest BCUT2D eigenvalue weighted by atomic mass is 35.5. The standard InChI is InChI=1S/C14H19ClN2O2/c1-19-13-5-2-9(6-12(13)15)8-17-14(18)10-3-4-11(16)7-10/h2,5-6,10-11H,3-4,7-8,16H2,1H3,(H,17,18). The van der Waals surface area contributed by atoms with Crippen LogP contribution >= 0.6 is 11.6 Å². The number of nitrogens with two attached hydrogens (primary N) is 1. The van der Waals surface area contributed by atoms with E-state index in [2.05, 4.69) is 5.32 Å². The fourth-order valence-corrected chi connectivity index (χ4v) is 2.69. The molecule has 0 saturated heterocycles. The van der Waals surface area contributed by atoms with Crippen molar-refractivity contribution in [3.05, 3.63) is 28.8 Å². The largest absolute Gasteiger partial charge is 0.495 e. The number of ether oxygens (including phenoxy) is 1. The SMILES string of the molecule is COc1ccc(CNC(=O)C2CCC(N)C2)cc1Cl. The van der Waals surface area contributed by atoms with Crippen LogP contribution in [-0.2, 0) is 11.3 Å². The average molecular weight is 283 g/mol. The Balaban J connectivity index is 1.88. The summed E-state index contributed by atoms with van der Waals surface area (Å²) in [6, 6.07) is 5.67. The summed E-state index contributed by atoms with van der Waals surface area (Å²) in [5, 5.41) is 3.49. The summed E-state index contributed by atoms with van der Waals surface area (Å²) in [4.78, 5) is 11.9. The topological polar surface area (TPSA) is 64.3 Å². The highest BCUT2D eigenvalue weighted by Gasteiger charge is 2.27. The number of benzene rings is 1. The molecular formula is C14H19ClN2O2. The summed E-state index contributed by atoms with van der Waals surface area (Å²) in [6.45, 7) is 0.480. The fourth-order valence-electron chi connectivity index (χ4n) is 2.41. The van der Waals surface area contributed by atoms with Crippen LogP contribution in [-0.4, -0.2) is 19.1 Å². The molecule has 1 saturated carbocycles. The quantitative estimate of drug-likeness (QED) is 0.889. The van der Waals surface area contributed by atoms with Crippen molar-refractivity contribution < 1.29 is 9.53 Å². The van der Waals surface area contributed by atoms with Crippen molar-refractivity contribution in [2.45, 2.75) is 31.8 Å². The Hall–Kier alpha value is -1.26. The van der Waals surface area contributed by atoms with Crippen LogP contribution in [0.25, 0.3) is 0 Å². The van der Waals surface area contributed by atoms with Gasteiger partial charge in [0.15, 0.2) is 0 Å². The minimum Gasteiger partial charge on any atom is -0.495 e. The Labute approximate surface area is 118 Å². The molecule has 1 aromatic carbocycles. The van der Waals surface area contributed by atoms with Crippen LogP contribution in [0.5, 0.6) is 5.75 Å². The molecule has 4 nitrogen and oxygen atoms in total. The molecule has 1 aliphatic carbocycles. The number of nitrogens with one attached hydrogen (secondary N) is 1. The normalized spacial score (nSPS) is 22.3. The first-order valence-corrected chi connectivity index (χ1v) is 6.83. The zero-order chi connectivity index (χ0) is 13.8. The lowest BCUT2D eigenvalue weighted by Gasteiger charge is -2.11. The fraction of sp³-hybridized carbons (Fsp3) is 0.500. The van der Waals surface area contributed by atoms with Crippen LogP contribution in [0.3, 0.4) is 0 Å². The third-order valence-corrected chi connectivity index (χ3v) is 3.82. The third-order valence-electron chi connectivity index (χ3n) is 3.53. The van der Waals surface area contributed by atoms with Crippen LogP contribution in [0.2, 0.25) is 5.02 Å². The highest BCUT2D eigenvalue weighted by molar-refractivity contribution is 6.32. The lowest BCUT2D eigenvalue weighted by Crippen LogP contribution is -2.29. The highest BCUT2D eigenvalue weighted by Crippen LogP contribution is 2.26. The van der Waals surface area contributed by atoms with Crippen molar-refractivity contribution >= 4 is 17.5 Å². The molecule has 2 rings (SSSR count). The Kier molecular flexibility index (Phi) is 4.66. The van der Waals surface area contributed by atoms with Gasteiger partial charge in [0.25, 0.3) is 0 Å². The van der Waals surface area contributed by atoms with Gasteiger partial charge in [0.05, 0.1) is 12.1 Å². The Morgan fingerprint density at radius 1 is 1.53 bits per heavy atom.